The lowest BCUT2D eigenvalue weighted by Crippen LogP contribution is -2.62. The van der Waals surface area contributed by atoms with Crippen molar-refractivity contribution in [1.29, 1.82) is 0 Å². The second-order valence-corrected chi connectivity index (χ2v) is 28.7. The maximum absolute atomic E-state index is 9.32. The van der Waals surface area contributed by atoms with Gasteiger partial charge in [-0.25, -0.2) is 0 Å². The van der Waals surface area contributed by atoms with Crippen molar-refractivity contribution in [2.75, 3.05) is 9.80 Å². The Labute approximate surface area is 451 Å². The first-order valence-electron chi connectivity index (χ1n) is 29.3. The van der Waals surface area contributed by atoms with Crippen LogP contribution in [0.3, 0.4) is 0 Å². The summed E-state index contributed by atoms with van der Waals surface area (Å²) in [7, 11) is 0. The van der Waals surface area contributed by atoms with Crippen LogP contribution < -0.4 is 26.2 Å². The van der Waals surface area contributed by atoms with Gasteiger partial charge in [-0.1, -0.05) is 197 Å². The molecule has 74 heavy (non-hydrogen) atoms. The lowest BCUT2D eigenvalue weighted by molar-refractivity contribution is 0.332. The zero-order valence-corrected chi connectivity index (χ0v) is 47.9. The molecular weight excluding hydrogens is 892 g/mol. The second kappa shape index (κ2) is 16.6. The maximum Gasteiger partial charge on any atom is 0.252 e. The highest BCUT2D eigenvalue weighted by Crippen LogP contribution is 2.54. The number of nitrogens with zero attached hydrogens (tertiary/aromatic N) is 2. The highest BCUT2D eigenvalue weighted by Gasteiger charge is 2.48. The van der Waals surface area contributed by atoms with Gasteiger partial charge in [-0.3, -0.25) is 0 Å². The smallest absolute Gasteiger partial charge is 0.252 e. The summed E-state index contributed by atoms with van der Waals surface area (Å²) in [5.74, 6) is 0. The van der Waals surface area contributed by atoms with E-state index in [1.54, 1.807) is 0 Å². The van der Waals surface area contributed by atoms with Crippen LogP contribution in [-0.2, 0) is 37.9 Å². The van der Waals surface area contributed by atoms with Crippen LogP contribution >= 0.6 is 0 Å². The zero-order valence-electron chi connectivity index (χ0n) is 50.9. The van der Waals surface area contributed by atoms with Gasteiger partial charge < -0.3 is 9.80 Å². The molecule has 2 aliphatic carbocycles. The first kappa shape index (κ1) is 46.7. The third kappa shape index (κ3) is 8.21. The van der Waals surface area contributed by atoms with Crippen molar-refractivity contribution in [3.63, 3.8) is 0 Å². The van der Waals surface area contributed by atoms with E-state index in [1.807, 2.05) is 12.1 Å². The molecule has 2 nitrogen and oxygen atoms in total. The molecule has 0 spiro atoms. The first-order chi connectivity index (χ1) is 35.7. The van der Waals surface area contributed by atoms with Gasteiger partial charge in [0.2, 0.25) is 0 Å². The van der Waals surface area contributed by atoms with Gasteiger partial charge in [0.15, 0.2) is 0 Å². The van der Waals surface area contributed by atoms with E-state index in [4.69, 9.17) is 0 Å². The average Bonchev–Trinajstić information content (AvgIpc) is 3.47. The van der Waals surface area contributed by atoms with Crippen LogP contribution in [0.5, 0.6) is 0 Å². The Balaban J connectivity index is 1.23. The number of anilines is 6. The van der Waals surface area contributed by atoms with Crippen molar-refractivity contribution in [2.24, 2.45) is 0 Å². The molecule has 0 saturated carbocycles. The van der Waals surface area contributed by atoms with Gasteiger partial charge in [0, 0.05) is 38.1 Å². The van der Waals surface area contributed by atoms with E-state index >= 15 is 0 Å². The van der Waals surface area contributed by atoms with Crippen molar-refractivity contribution in [1.82, 2.24) is 0 Å². The highest BCUT2D eigenvalue weighted by atomic mass is 15.2. The molecule has 0 amide bonds. The molecule has 4 aliphatic rings. The summed E-state index contributed by atoms with van der Waals surface area (Å²) in [5.41, 5.74) is 23.9. The van der Waals surface area contributed by atoms with E-state index in [0.29, 0.717) is 5.56 Å². The Kier molecular flexibility index (Phi) is 10.5. The third-order valence-corrected chi connectivity index (χ3v) is 18.4. The predicted molar refractivity (Wildman–Crippen MR) is 323 cm³/mol. The maximum atomic E-state index is 9.32. The van der Waals surface area contributed by atoms with E-state index in [2.05, 4.69) is 243 Å². The normalized spacial score (nSPS) is 18.8. The summed E-state index contributed by atoms with van der Waals surface area (Å²) in [6.45, 7) is 37.3. The molecule has 0 saturated heterocycles. The monoisotopic (exact) mass is 978 g/mol. The average molecular weight is 978 g/mol. The minimum absolute atomic E-state index is 0.0326. The predicted octanol–water partition coefficient (Wildman–Crippen LogP) is 18.0. The Morgan fingerprint density at radius 2 is 0.851 bits per heavy atom. The lowest BCUT2D eigenvalue weighted by atomic mass is 9.33. The summed E-state index contributed by atoms with van der Waals surface area (Å²) in [4.78, 5) is 4.95. The van der Waals surface area contributed by atoms with E-state index in [1.165, 1.54) is 61.0 Å². The lowest BCUT2D eigenvalue weighted by Gasteiger charge is -2.48. The van der Waals surface area contributed by atoms with Gasteiger partial charge in [0.1, 0.15) is 0 Å². The van der Waals surface area contributed by atoms with Gasteiger partial charge >= 0.3 is 0 Å². The molecule has 0 N–H and O–H groups in total. The number of hydrogen-bond donors (Lipinski definition) is 0. The third-order valence-electron chi connectivity index (χ3n) is 18.4. The van der Waals surface area contributed by atoms with Crippen LogP contribution in [0.15, 0.2) is 127 Å². The molecule has 7 aromatic rings. The fourth-order valence-electron chi connectivity index (χ4n) is 13.2. The van der Waals surface area contributed by atoms with Crippen molar-refractivity contribution >= 4 is 57.2 Å². The zero-order chi connectivity index (χ0) is 55.5. The Morgan fingerprint density at radius 3 is 1.42 bits per heavy atom. The standard InChI is InChI=1S/C71H83BN2/c1-44-37-62-64-63(38-44)74(59-32-28-49(66(5,6)7)39-52(59)47-21-19-45(20-22-47)46-23-25-48(26-24-46)65(2,3)4)60-40-50(67(8,9)10)27-31-57(60)72(64)58-42-55-56(71(17,18)36-35-70(55,15)16)43-61(58)73(62)51-29-30-53-54(41-51)69(13,14)34-33-68(53,11)12/h19-32,37-43H,33-36H2,1-18H3/i1D3. The quantitative estimate of drug-likeness (QED) is 0.162. The van der Waals surface area contributed by atoms with Crippen molar-refractivity contribution in [2.45, 2.75) is 188 Å². The molecule has 0 atom stereocenters. The molecule has 0 unspecified atom stereocenters. The Bertz CT molecular complexity index is 3510. The molecule has 380 valence electrons. The molecule has 2 heterocycles. The largest absolute Gasteiger partial charge is 0.311 e. The molecule has 2 aliphatic heterocycles. The number of fused-ring (bicyclic) bond motifs is 6. The molecule has 0 fully saturated rings. The van der Waals surface area contributed by atoms with Crippen LogP contribution in [0.2, 0.25) is 0 Å². The topological polar surface area (TPSA) is 6.48 Å². The SMILES string of the molecule is [2H]C([2H])([2H])c1cc2c3c(c1)N(c1ccc(C(C)(C)C)cc1-c1ccc(-c4ccc(C(C)(C)C)cc4)cc1)c1cc(C(C)(C)C)ccc1B3c1cc3c(cc1N2c1ccc2c(c1)C(C)(C)CCC2(C)C)C(C)(C)CCC3(C)C. The molecule has 0 bridgehead atoms. The van der Waals surface area contributed by atoms with Crippen molar-refractivity contribution < 1.29 is 4.11 Å². The number of benzene rings is 7. The van der Waals surface area contributed by atoms with Gasteiger partial charge in [0.05, 0.1) is 5.69 Å². The summed E-state index contributed by atoms with van der Waals surface area (Å²) in [6.07, 6.45) is 4.43. The van der Waals surface area contributed by atoms with Crippen molar-refractivity contribution in [3.8, 4) is 22.3 Å². The van der Waals surface area contributed by atoms with E-state index in [9.17, 15) is 4.11 Å². The molecule has 7 aromatic carbocycles. The van der Waals surface area contributed by atoms with Gasteiger partial charge in [-0.15, -0.1) is 0 Å². The highest BCUT2D eigenvalue weighted by molar-refractivity contribution is 7.00. The van der Waals surface area contributed by atoms with Crippen LogP contribution in [0, 0.1) is 6.85 Å². The minimum atomic E-state index is -2.39. The van der Waals surface area contributed by atoms with Gasteiger partial charge in [-0.05, 0) is 197 Å². The summed E-state index contributed by atoms with van der Waals surface area (Å²) < 4.78 is 28.0. The Morgan fingerprint density at radius 1 is 0.392 bits per heavy atom. The summed E-state index contributed by atoms with van der Waals surface area (Å²) in [5, 5.41) is 0. The van der Waals surface area contributed by atoms with E-state index in [-0.39, 0.29) is 44.6 Å². The van der Waals surface area contributed by atoms with E-state index < -0.39 is 6.85 Å². The van der Waals surface area contributed by atoms with E-state index in [0.717, 1.165) is 76.4 Å². The molecule has 0 radical (unpaired) electrons. The van der Waals surface area contributed by atoms with Crippen molar-refractivity contribution in [3.05, 3.63) is 172 Å². The molecule has 11 rings (SSSR count). The molecular formula is C71H83BN2. The summed E-state index contributed by atoms with van der Waals surface area (Å²) in [6, 6.07) is 48.8. The van der Waals surface area contributed by atoms with Crippen LogP contribution in [0.4, 0.5) is 34.1 Å². The molecule has 0 aromatic heterocycles. The minimum Gasteiger partial charge on any atom is -0.311 e. The van der Waals surface area contributed by atoms with Crippen LogP contribution in [-0.4, -0.2) is 6.71 Å². The number of hydrogen-bond acceptors (Lipinski definition) is 2. The summed E-state index contributed by atoms with van der Waals surface area (Å²) >= 11 is 0. The fourth-order valence-corrected chi connectivity index (χ4v) is 13.2. The van der Waals surface area contributed by atoms with Crippen LogP contribution in [0.25, 0.3) is 22.3 Å². The fraction of sp³-hybridized carbons (Fsp3) is 0.408. The van der Waals surface area contributed by atoms with Crippen LogP contribution in [0.1, 0.15) is 192 Å². The van der Waals surface area contributed by atoms with Gasteiger partial charge in [-0.2, -0.15) is 0 Å². The second-order valence-electron chi connectivity index (χ2n) is 28.7. The number of aryl methyl sites for hydroxylation is 1. The Hall–Kier alpha value is -5.80. The number of rotatable bonds is 4. The first-order valence-corrected chi connectivity index (χ1v) is 27.8. The molecule has 3 heteroatoms. The van der Waals surface area contributed by atoms with Gasteiger partial charge in [0.25, 0.3) is 6.71 Å².